The predicted octanol–water partition coefficient (Wildman–Crippen LogP) is 1.36. The highest BCUT2D eigenvalue weighted by Crippen LogP contribution is 2.03. The Hall–Kier alpha value is -1.32. The molecule has 1 N–H and O–H groups in total. The summed E-state index contributed by atoms with van der Waals surface area (Å²) in [4.78, 5) is 3.96. The van der Waals surface area contributed by atoms with Crippen molar-refractivity contribution in [3.05, 3.63) is 18.5 Å². The molecule has 0 amide bonds. The van der Waals surface area contributed by atoms with Crippen LogP contribution in [0.3, 0.4) is 0 Å². The van der Waals surface area contributed by atoms with E-state index in [1.54, 1.807) is 13.0 Å². The van der Waals surface area contributed by atoms with E-state index in [-0.39, 0.29) is 6.04 Å². The fourth-order valence-corrected chi connectivity index (χ4v) is 0.609. The molecule has 4 heteroatoms. The summed E-state index contributed by atoms with van der Waals surface area (Å²) in [6.07, 6.45) is 1.76. The maximum atomic E-state index is 4.82. The Balaban J connectivity index is 2.57. The van der Waals surface area contributed by atoms with Crippen molar-refractivity contribution in [3.8, 4) is 0 Å². The van der Waals surface area contributed by atoms with Crippen LogP contribution in [0.2, 0.25) is 0 Å². The highest BCUT2D eigenvalue weighted by molar-refractivity contribution is 5.21. The van der Waals surface area contributed by atoms with Crippen molar-refractivity contribution < 1.29 is 4.52 Å². The van der Waals surface area contributed by atoms with Crippen LogP contribution >= 0.6 is 0 Å². The molecule has 0 aliphatic heterocycles. The third-order valence-corrected chi connectivity index (χ3v) is 1.23. The summed E-state index contributed by atoms with van der Waals surface area (Å²) < 4.78 is 4.82. The molecule has 1 unspecified atom stereocenters. The molecule has 0 aliphatic rings. The van der Waals surface area contributed by atoms with E-state index in [1.807, 2.05) is 6.92 Å². The zero-order chi connectivity index (χ0) is 8.27. The quantitative estimate of drug-likeness (QED) is 0.666. The van der Waals surface area contributed by atoms with Gasteiger partial charge in [0.2, 0.25) is 0 Å². The topological polar surface area (TPSA) is 51.0 Å². The molecule has 1 atom stereocenters. The van der Waals surface area contributed by atoms with Crippen molar-refractivity contribution in [1.29, 1.82) is 0 Å². The van der Waals surface area contributed by atoms with Gasteiger partial charge in [-0.25, -0.2) is 0 Å². The fraction of sp³-hybridized carbons (Fsp3) is 0.429. The van der Waals surface area contributed by atoms with Gasteiger partial charge in [-0.1, -0.05) is 11.2 Å². The van der Waals surface area contributed by atoms with Crippen LogP contribution in [0.1, 0.15) is 12.7 Å². The maximum absolute atomic E-state index is 4.82. The van der Waals surface area contributed by atoms with E-state index < -0.39 is 0 Å². The van der Waals surface area contributed by atoms with Gasteiger partial charge in [0.1, 0.15) is 0 Å². The van der Waals surface area contributed by atoms with Crippen molar-refractivity contribution in [3.63, 3.8) is 0 Å². The standard InChI is InChI=1S/C7H11N3O/c1-4-5(2)8-7-9-6(3)10-11-7/h4-5H,1H2,2-3H3,(H,8,9,10). The average Bonchev–Trinajstić information content (AvgIpc) is 2.35. The van der Waals surface area contributed by atoms with Crippen LogP contribution in [0, 0.1) is 6.92 Å². The van der Waals surface area contributed by atoms with Crippen LogP contribution < -0.4 is 5.32 Å². The van der Waals surface area contributed by atoms with E-state index in [0.29, 0.717) is 11.8 Å². The molecule has 1 heterocycles. The first kappa shape index (κ1) is 7.78. The minimum Gasteiger partial charge on any atom is -0.332 e. The normalized spacial score (nSPS) is 12.5. The van der Waals surface area contributed by atoms with Gasteiger partial charge >= 0.3 is 6.01 Å². The second-order valence-corrected chi connectivity index (χ2v) is 2.32. The highest BCUT2D eigenvalue weighted by Gasteiger charge is 2.02. The monoisotopic (exact) mass is 153 g/mol. The van der Waals surface area contributed by atoms with Gasteiger partial charge in [0.25, 0.3) is 0 Å². The molecular formula is C7H11N3O. The van der Waals surface area contributed by atoms with Crippen LogP contribution in [-0.2, 0) is 0 Å². The van der Waals surface area contributed by atoms with Crippen LogP contribution in [0.4, 0.5) is 6.01 Å². The molecule has 1 rings (SSSR count). The largest absolute Gasteiger partial charge is 0.332 e. The molecular weight excluding hydrogens is 142 g/mol. The third kappa shape index (κ3) is 2.07. The van der Waals surface area contributed by atoms with Gasteiger partial charge < -0.3 is 9.84 Å². The average molecular weight is 153 g/mol. The number of nitrogens with zero attached hydrogens (tertiary/aromatic N) is 2. The molecule has 0 fully saturated rings. The lowest BCUT2D eigenvalue weighted by atomic mass is 10.3. The van der Waals surface area contributed by atoms with E-state index in [1.165, 1.54) is 0 Å². The first-order valence-electron chi connectivity index (χ1n) is 3.42. The summed E-state index contributed by atoms with van der Waals surface area (Å²) in [6.45, 7) is 7.33. The van der Waals surface area contributed by atoms with Gasteiger partial charge in [-0.3, -0.25) is 0 Å². The molecule has 1 aromatic heterocycles. The number of hydrogen-bond acceptors (Lipinski definition) is 4. The number of aromatic nitrogens is 2. The van der Waals surface area contributed by atoms with Crippen LogP contribution in [0.5, 0.6) is 0 Å². The molecule has 0 bridgehead atoms. The Kier molecular flexibility index (Phi) is 2.25. The van der Waals surface area contributed by atoms with Gasteiger partial charge in [0.15, 0.2) is 5.82 Å². The third-order valence-electron chi connectivity index (χ3n) is 1.23. The van der Waals surface area contributed by atoms with Gasteiger partial charge in [0.05, 0.1) is 0 Å². The summed E-state index contributed by atoms with van der Waals surface area (Å²) >= 11 is 0. The molecule has 0 saturated heterocycles. The Morgan fingerprint density at radius 1 is 1.73 bits per heavy atom. The van der Waals surface area contributed by atoms with Crippen molar-refractivity contribution >= 4 is 6.01 Å². The number of anilines is 1. The van der Waals surface area contributed by atoms with E-state index in [9.17, 15) is 0 Å². The minimum atomic E-state index is 0.148. The number of hydrogen-bond donors (Lipinski definition) is 1. The SMILES string of the molecule is C=CC(C)Nc1nc(C)no1. The zero-order valence-corrected chi connectivity index (χ0v) is 6.66. The van der Waals surface area contributed by atoms with Crippen LogP contribution in [0.15, 0.2) is 17.2 Å². The summed E-state index contributed by atoms with van der Waals surface area (Å²) in [5.74, 6) is 0.628. The van der Waals surface area contributed by atoms with Gasteiger partial charge in [0, 0.05) is 6.04 Å². The molecule has 0 spiro atoms. The second kappa shape index (κ2) is 3.18. The summed E-state index contributed by atoms with van der Waals surface area (Å²) in [5.41, 5.74) is 0. The second-order valence-electron chi connectivity index (χ2n) is 2.32. The van der Waals surface area contributed by atoms with Crippen LogP contribution in [-0.4, -0.2) is 16.2 Å². The van der Waals surface area contributed by atoms with E-state index in [4.69, 9.17) is 4.52 Å². The Labute approximate surface area is 65.3 Å². The lowest BCUT2D eigenvalue weighted by molar-refractivity contribution is 0.424. The fourth-order valence-electron chi connectivity index (χ4n) is 0.609. The van der Waals surface area contributed by atoms with Crippen LogP contribution in [0.25, 0.3) is 0 Å². The lowest BCUT2D eigenvalue weighted by Gasteiger charge is -2.03. The van der Waals surface area contributed by atoms with Gasteiger partial charge in [-0.15, -0.1) is 6.58 Å². The molecule has 0 radical (unpaired) electrons. The highest BCUT2D eigenvalue weighted by atomic mass is 16.5. The number of nitrogens with one attached hydrogen (secondary N) is 1. The molecule has 11 heavy (non-hydrogen) atoms. The smallest absolute Gasteiger partial charge is 0.321 e. The number of aryl methyl sites for hydroxylation is 1. The lowest BCUT2D eigenvalue weighted by Crippen LogP contribution is -2.11. The summed E-state index contributed by atoms with van der Waals surface area (Å²) in [5, 5.41) is 6.58. The Bertz CT molecular complexity index is 244. The summed E-state index contributed by atoms with van der Waals surface area (Å²) in [6, 6.07) is 0.588. The van der Waals surface area contributed by atoms with Gasteiger partial charge in [-0.2, -0.15) is 4.98 Å². The zero-order valence-electron chi connectivity index (χ0n) is 6.66. The van der Waals surface area contributed by atoms with Crippen molar-refractivity contribution in [2.24, 2.45) is 0 Å². The summed E-state index contributed by atoms with van der Waals surface area (Å²) in [7, 11) is 0. The maximum Gasteiger partial charge on any atom is 0.321 e. The first-order valence-corrected chi connectivity index (χ1v) is 3.42. The van der Waals surface area contributed by atoms with E-state index in [0.717, 1.165) is 0 Å². The van der Waals surface area contributed by atoms with E-state index >= 15 is 0 Å². The van der Waals surface area contributed by atoms with Crippen molar-refractivity contribution in [2.75, 3.05) is 5.32 Å². The Morgan fingerprint density at radius 3 is 2.91 bits per heavy atom. The number of rotatable bonds is 3. The molecule has 1 aromatic rings. The van der Waals surface area contributed by atoms with Gasteiger partial charge in [-0.05, 0) is 13.8 Å². The molecule has 0 aliphatic carbocycles. The van der Waals surface area contributed by atoms with Crippen molar-refractivity contribution in [2.45, 2.75) is 19.9 Å². The molecule has 60 valence electrons. The molecule has 0 saturated carbocycles. The first-order chi connectivity index (χ1) is 5.22. The molecule has 4 nitrogen and oxygen atoms in total. The van der Waals surface area contributed by atoms with E-state index in [2.05, 4.69) is 22.0 Å². The minimum absolute atomic E-state index is 0.148. The molecule has 0 aromatic carbocycles. The Morgan fingerprint density at radius 2 is 2.45 bits per heavy atom. The van der Waals surface area contributed by atoms with Crippen molar-refractivity contribution in [1.82, 2.24) is 10.1 Å². The predicted molar refractivity (Wildman–Crippen MR) is 42.3 cm³/mol.